The monoisotopic (exact) mass is 429 g/mol. The minimum atomic E-state index is -1.15. The second kappa shape index (κ2) is 9.17. The number of hydrogen-bond acceptors (Lipinski definition) is 8. The topological polar surface area (TPSA) is 120 Å². The zero-order chi connectivity index (χ0) is 22.6. The average molecular weight is 429 g/mol. The number of guanidine groups is 1. The van der Waals surface area contributed by atoms with Crippen molar-refractivity contribution in [1.29, 1.82) is 0 Å². The Hall–Kier alpha value is -3.40. The lowest BCUT2D eigenvalue weighted by atomic mass is 9.85. The van der Waals surface area contributed by atoms with Crippen LogP contribution in [0.2, 0.25) is 0 Å². The largest absolute Gasteiger partial charge is 0.474 e. The first-order chi connectivity index (χ1) is 14.7. The van der Waals surface area contributed by atoms with Crippen molar-refractivity contribution in [2.24, 2.45) is 10.7 Å². The first kappa shape index (κ1) is 22.3. The second-order valence-corrected chi connectivity index (χ2v) is 7.37. The van der Waals surface area contributed by atoms with E-state index >= 15 is 0 Å². The van der Waals surface area contributed by atoms with Crippen LogP contribution in [0, 0.1) is 5.82 Å². The molecule has 1 atom stereocenters. The van der Waals surface area contributed by atoms with Gasteiger partial charge in [0.2, 0.25) is 11.8 Å². The molecule has 0 radical (unpaired) electrons. The fourth-order valence-electron chi connectivity index (χ4n) is 3.20. The van der Waals surface area contributed by atoms with Gasteiger partial charge in [0, 0.05) is 26.1 Å². The Bertz CT molecular complexity index is 1010. The minimum Gasteiger partial charge on any atom is -0.474 e. The summed E-state index contributed by atoms with van der Waals surface area (Å²) in [6.45, 7) is 2.37. The van der Waals surface area contributed by atoms with Crippen LogP contribution < -0.4 is 10.5 Å². The molecular weight excluding hydrogens is 405 g/mol. The molecule has 2 N–H and O–H groups in total. The number of carbonyl (C=O) groups excluding carboxylic acids is 2. The van der Waals surface area contributed by atoms with Crippen molar-refractivity contribution in [3.63, 3.8) is 0 Å². The van der Waals surface area contributed by atoms with Crippen molar-refractivity contribution in [3.8, 4) is 5.88 Å². The van der Waals surface area contributed by atoms with Gasteiger partial charge in [-0.3, -0.25) is 14.5 Å². The highest BCUT2D eigenvalue weighted by molar-refractivity contribution is 5.99. The Labute approximate surface area is 179 Å². The van der Waals surface area contributed by atoms with Crippen molar-refractivity contribution < 1.29 is 23.5 Å². The Balaban J connectivity index is 1.78. The summed E-state index contributed by atoms with van der Waals surface area (Å²) in [6, 6.07) is 4.31. The summed E-state index contributed by atoms with van der Waals surface area (Å²) < 4.78 is 24.8. The lowest BCUT2D eigenvalue weighted by molar-refractivity contribution is -0.128. The number of halogens is 1. The maximum Gasteiger partial charge on any atom is 0.232 e. The van der Waals surface area contributed by atoms with Gasteiger partial charge in [-0.1, -0.05) is 6.07 Å². The molecule has 0 saturated heterocycles. The Morgan fingerprint density at radius 2 is 2.06 bits per heavy atom. The van der Waals surface area contributed by atoms with E-state index in [9.17, 15) is 14.0 Å². The van der Waals surface area contributed by atoms with E-state index in [0.29, 0.717) is 18.8 Å². The van der Waals surface area contributed by atoms with E-state index in [1.54, 1.807) is 14.0 Å². The molecule has 1 unspecified atom stereocenters. The van der Waals surface area contributed by atoms with Crippen LogP contribution in [0.4, 0.5) is 4.39 Å². The number of ether oxygens (including phenoxy) is 2. The lowest BCUT2D eigenvalue weighted by Gasteiger charge is -2.34. The van der Waals surface area contributed by atoms with E-state index in [1.165, 1.54) is 42.5 Å². The predicted molar refractivity (Wildman–Crippen MR) is 110 cm³/mol. The summed E-state index contributed by atoms with van der Waals surface area (Å²) >= 11 is 0. The molecule has 0 fully saturated rings. The summed E-state index contributed by atoms with van der Waals surface area (Å²) in [5.74, 6) is -0.777. The Morgan fingerprint density at radius 3 is 2.71 bits per heavy atom. The number of amides is 1. The number of hydrogen-bond donors (Lipinski definition) is 1. The van der Waals surface area contributed by atoms with E-state index in [0.717, 1.165) is 0 Å². The zero-order valence-corrected chi connectivity index (χ0v) is 17.6. The normalized spacial score (nSPS) is 18.6. The van der Waals surface area contributed by atoms with Crippen LogP contribution in [0.3, 0.4) is 0 Å². The molecule has 10 heteroatoms. The summed E-state index contributed by atoms with van der Waals surface area (Å²) in [5, 5.41) is 0. The third-order valence-electron chi connectivity index (χ3n) is 5.00. The first-order valence-corrected chi connectivity index (χ1v) is 9.61. The molecule has 3 rings (SSSR count). The zero-order valence-electron chi connectivity index (χ0n) is 17.6. The molecular formula is C21H24FN5O4. The fourth-order valence-corrected chi connectivity index (χ4v) is 3.20. The summed E-state index contributed by atoms with van der Waals surface area (Å²) in [7, 11) is 3.07. The molecule has 1 aromatic heterocycles. The third-order valence-corrected chi connectivity index (χ3v) is 5.00. The molecule has 1 amide bonds. The molecule has 0 spiro atoms. The highest BCUT2D eigenvalue weighted by Gasteiger charge is 2.38. The van der Waals surface area contributed by atoms with E-state index in [2.05, 4.69) is 15.0 Å². The van der Waals surface area contributed by atoms with Crippen LogP contribution in [0.15, 0.2) is 35.6 Å². The van der Waals surface area contributed by atoms with Gasteiger partial charge in [-0.05, 0) is 24.6 Å². The van der Waals surface area contributed by atoms with E-state index in [4.69, 9.17) is 15.2 Å². The highest BCUT2D eigenvalue weighted by atomic mass is 19.1. The van der Waals surface area contributed by atoms with E-state index in [1.807, 2.05) is 0 Å². The van der Waals surface area contributed by atoms with Gasteiger partial charge in [-0.15, -0.1) is 0 Å². The number of benzene rings is 1. The summed E-state index contributed by atoms with van der Waals surface area (Å²) in [5.41, 5.74) is 5.59. The quantitative estimate of drug-likeness (QED) is 0.498. The van der Waals surface area contributed by atoms with Gasteiger partial charge >= 0.3 is 0 Å². The molecule has 2 heterocycles. The number of carbonyl (C=O) groups is 2. The maximum absolute atomic E-state index is 14.6. The van der Waals surface area contributed by atoms with Crippen molar-refractivity contribution in [3.05, 3.63) is 53.2 Å². The molecule has 1 aliphatic heterocycles. The maximum atomic E-state index is 14.6. The van der Waals surface area contributed by atoms with Gasteiger partial charge in [-0.25, -0.2) is 19.4 Å². The minimum absolute atomic E-state index is 0.0164. The van der Waals surface area contributed by atoms with Crippen molar-refractivity contribution in [2.45, 2.75) is 25.3 Å². The molecule has 0 aliphatic carbocycles. The van der Waals surface area contributed by atoms with Crippen molar-refractivity contribution in [1.82, 2.24) is 14.9 Å². The highest BCUT2D eigenvalue weighted by Crippen LogP contribution is 2.35. The third kappa shape index (κ3) is 5.02. The summed E-state index contributed by atoms with van der Waals surface area (Å²) in [4.78, 5) is 38.5. The molecule has 1 aromatic carbocycles. The van der Waals surface area contributed by atoms with Crippen molar-refractivity contribution in [2.75, 3.05) is 27.4 Å². The van der Waals surface area contributed by atoms with Crippen LogP contribution in [-0.2, 0) is 21.5 Å². The second-order valence-electron chi connectivity index (χ2n) is 7.37. The number of nitrogens with two attached hydrogens (primary N) is 1. The molecule has 2 aromatic rings. The lowest BCUT2D eigenvalue weighted by Crippen LogP contribution is -2.47. The van der Waals surface area contributed by atoms with E-state index in [-0.39, 0.29) is 47.6 Å². The molecule has 9 nitrogen and oxygen atoms in total. The molecule has 0 bridgehead atoms. The van der Waals surface area contributed by atoms with Gasteiger partial charge in [0.1, 0.15) is 18.1 Å². The van der Waals surface area contributed by atoms with E-state index < -0.39 is 11.4 Å². The Kier molecular flexibility index (Phi) is 6.59. The molecule has 31 heavy (non-hydrogen) atoms. The standard InChI is InChI=1S/C21H24FN5O4/c1-21(10-19(29)27(2)20(23)26-21)14-8-13(4-5-15(14)22)9-17(28)16-11-25-18(12-24-16)31-7-6-30-3/h4-5,8,11-12H,6-7,9-10H2,1-3H3,(H2,23,26). The average Bonchev–Trinajstić information content (AvgIpc) is 2.74. The predicted octanol–water partition coefficient (Wildman–Crippen LogP) is 1.46. The number of aromatic nitrogens is 2. The van der Waals surface area contributed by atoms with Crippen LogP contribution in [0.1, 0.15) is 35.0 Å². The number of ketones is 1. The van der Waals surface area contributed by atoms with Gasteiger partial charge in [0.15, 0.2) is 11.7 Å². The number of rotatable bonds is 8. The summed E-state index contributed by atoms with van der Waals surface area (Å²) in [6.07, 6.45) is 2.64. The van der Waals surface area contributed by atoms with Gasteiger partial charge in [0.25, 0.3) is 0 Å². The van der Waals surface area contributed by atoms with Crippen LogP contribution in [0.5, 0.6) is 5.88 Å². The number of Topliss-reactive ketones (excluding diaryl/α,β-unsaturated/α-hetero) is 1. The van der Waals surface area contributed by atoms with Gasteiger partial charge < -0.3 is 15.2 Å². The van der Waals surface area contributed by atoms with Crippen molar-refractivity contribution >= 4 is 17.6 Å². The molecule has 164 valence electrons. The Morgan fingerprint density at radius 1 is 1.29 bits per heavy atom. The number of aliphatic imine (C=N–C) groups is 1. The molecule has 0 saturated carbocycles. The van der Waals surface area contributed by atoms with Gasteiger partial charge in [-0.2, -0.15) is 0 Å². The SMILES string of the molecule is COCCOc1cnc(C(=O)Cc2ccc(F)c(C3(C)CC(=O)N(C)C(N)=N3)c2)cn1. The van der Waals surface area contributed by atoms with Crippen LogP contribution in [-0.4, -0.2) is 59.9 Å². The van der Waals surface area contributed by atoms with Crippen LogP contribution in [0.25, 0.3) is 0 Å². The first-order valence-electron chi connectivity index (χ1n) is 9.61. The number of methoxy groups -OCH3 is 1. The van der Waals surface area contributed by atoms with Gasteiger partial charge in [0.05, 0.1) is 31.0 Å². The van der Waals surface area contributed by atoms with Crippen LogP contribution >= 0.6 is 0 Å². The molecule has 1 aliphatic rings. The number of nitrogens with zero attached hydrogens (tertiary/aromatic N) is 4. The fraction of sp³-hybridized carbons (Fsp3) is 0.381. The smallest absolute Gasteiger partial charge is 0.232 e.